The second-order valence-electron chi connectivity index (χ2n) is 2.67. The van der Waals surface area contributed by atoms with Crippen LogP contribution in [-0.4, -0.2) is 55.1 Å². The maximum Gasteiger partial charge on any atom is 0.506 e. The molecule has 0 saturated heterocycles. The van der Waals surface area contributed by atoms with Crippen LogP contribution in [0.15, 0.2) is 0 Å². The lowest BCUT2D eigenvalue weighted by Crippen LogP contribution is -2.56. The van der Waals surface area contributed by atoms with Crippen molar-refractivity contribution in [3.05, 3.63) is 0 Å². The molecule has 0 radical (unpaired) electrons. The Hall–Kier alpha value is 0.144. The molecule has 8 nitrogen and oxygen atoms in total. The lowest BCUT2D eigenvalue weighted by Gasteiger charge is -2.23. The van der Waals surface area contributed by atoms with Gasteiger partial charge in [0.25, 0.3) is 10.1 Å². The van der Waals surface area contributed by atoms with Crippen LogP contribution in [0.25, 0.3) is 0 Å². The van der Waals surface area contributed by atoms with Crippen molar-refractivity contribution in [2.24, 2.45) is 0 Å². The van der Waals surface area contributed by atoms with Crippen molar-refractivity contribution in [3.63, 3.8) is 0 Å². The first-order valence-electron chi connectivity index (χ1n) is 3.52. The van der Waals surface area contributed by atoms with Gasteiger partial charge in [0, 0.05) is 6.04 Å². The Kier molecular flexibility index (Phi) is 4.38. The van der Waals surface area contributed by atoms with Crippen molar-refractivity contribution in [1.29, 1.82) is 0 Å². The highest BCUT2D eigenvalue weighted by Crippen LogP contribution is 2.10. The molecule has 0 aromatic carbocycles. The standard InChI is InChI=1S/C3H12O8SSi2/c1-2-13(7,8)11-14(9,10)3-12(4,5)6/h7-10H,2-3H2,1H3,(H,4,5,6). The molecule has 0 fully saturated rings. The first-order chi connectivity index (χ1) is 5.97. The monoisotopic (exact) mass is 264 g/mol. The average molecular weight is 264 g/mol. The minimum Gasteiger partial charge on any atom is -0.390 e. The Morgan fingerprint density at radius 1 is 1.14 bits per heavy atom. The van der Waals surface area contributed by atoms with Gasteiger partial charge in [-0.1, -0.05) is 6.92 Å². The highest BCUT2D eigenvalue weighted by molar-refractivity contribution is 7.87. The topological polar surface area (TPSA) is 145 Å². The van der Waals surface area contributed by atoms with E-state index >= 15 is 0 Å². The molecule has 0 rings (SSSR count). The summed E-state index contributed by atoms with van der Waals surface area (Å²) < 4.78 is 32.9. The van der Waals surface area contributed by atoms with Crippen molar-refractivity contribution < 1.29 is 36.3 Å². The van der Waals surface area contributed by atoms with Gasteiger partial charge in [0.2, 0.25) is 0 Å². The number of rotatable bonds is 5. The third-order valence-corrected chi connectivity index (χ3v) is 7.66. The van der Waals surface area contributed by atoms with Crippen LogP contribution in [0.1, 0.15) is 6.92 Å². The molecule has 0 atom stereocenters. The summed E-state index contributed by atoms with van der Waals surface area (Å²) in [7, 11) is -13.6. The van der Waals surface area contributed by atoms with Crippen molar-refractivity contribution in [2.75, 3.05) is 5.38 Å². The van der Waals surface area contributed by atoms with E-state index in [1.54, 1.807) is 0 Å². The zero-order valence-electron chi connectivity index (χ0n) is 7.28. The highest BCUT2D eigenvalue weighted by atomic mass is 32.2. The lowest BCUT2D eigenvalue weighted by molar-refractivity contribution is 0.160. The molecule has 11 heteroatoms. The van der Waals surface area contributed by atoms with Crippen LogP contribution in [0.2, 0.25) is 6.04 Å². The van der Waals surface area contributed by atoms with E-state index < -0.39 is 33.1 Å². The molecular weight excluding hydrogens is 252 g/mol. The fourth-order valence-electron chi connectivity index (χ4n) is 0.601. The molecule has 0 aromatic rings. The molecule has 0 heterocycles. The molecular formula is C3H12O8SSi2. The van der Waals surface area contributed by atoms with Gasteiger partial charge >= 0.3 is 17.6 Å². The maximum absolute atomic E-state index is 10.3. The zero-order chi connectivity index (χ0) is 11.6. The van der Waals surface area contributed by atoms with Crippen molar-refractivity contribution in [1.82, 2.24) is 0 Å². The van der Waals surface area contributed by atoms with Gasteiger partial charge in [-0.15, -0.1) is 0 Å². The van der Waals surface area contributed by atoms with Crippen LogP contribution in [0.4, 0.5) is 0 Å². The number of hydrogen-bond donors (Lipinski definition) is 5. The molecule has 0 bridgehead atoms. The normalized spacial score (nSPS) is 14.4. The van der Waals surface area contributed by atoms with Crippen LogP contribution >= 0.6 is 0 Å². The average Bonchev–Trinajstić information content (AvgIpc) is 1.78. The molecule has 0 aliphatic carbocycles. The van der Waals surface area contributed by atoms with Gasteiger partial charge in [0.1, 0.15) is 5.38 Å². The van der Waals surface area contributed by atoms with Crippen molar-refractivity contribution in [2.45, 2.75) is 13.0 Å². The molecule has 86 valence electrons. The lowest BCUT2D eigenvalue weighted by atomic mass is 11.0. The van der Waals surface area contributed by atoms with Crippen LogP contribution in [0, 0.1) is 0 Å². The summed E-state index contributed by atoms with van der Waals surface area (Å²) in [4.78, 5) is 35.9. The Labute approximate surface area is 82.9 Å². The van der Waals surface area contributed by atoms with Crippen LogP contribution in [-0.2, 0) is 14.2 Å². The highest BCUT2D eigenvalue weighted by Gasteiger charge is 2.47. The van der Waals surface area contributed by atoms with E-state index in [0.717, 1.165) is 0 Å². The molecule has 0 spiro atoms. The summed E-state index contributed by atoms with van der Waals surface area (Å²) in [5, 5.41) is -1.42. The minimum atomic E-state index is -4.77. The van der Waals surface area contributed by atoms with Gasteiger partial charge in [0.05, 0.1) is 0 Å². The molecule has 0 aromatic heterocycles. The molecule has 0 saturated carbocycles. The van der Waals surface area contributed by atoms with E-state index in [2.05, 4.69) is 4.12 Å². The smallest absolute Gasteiger partial charge is 0.390 e. The predicted octanol–water partition coefficient (Wildman–Crippen LogP) is -2.70. The molecule has 0 unspecified atom stereocenters. The van der Waals surface area contributed by atoms with Gasteiger partial charge < -0.3 is 23.3 Å². The molecule has 0 aliphatic rings. The van der Waals surface area contributed by atoms with Crippen molar-refractivity contribution in [3.8, 4) is 0 Å². The van der Waals surface area contributed by atoms with Crippen molar-refractivity contribution >= 4 is 27.7 Å². The third-order valence-electron chi connectivity index (χ3n) is 1.16. The van der Waals surface area contributed by atoms with E-state index in [1.807, 2.05) is 0 Å². The zero-order valence-corrected chi connectivity index (χ0v) is 10.1. The third kappa shape index (κ3) is 6.58. The summed E-state index contributed by atoms with van der Waals surface area (Å²) in [6, 6.07) is -0.256. The molecule has 0 amide bonds. The molecule has 5 N–H and O–H groups in total. The fourth-order valence-corrected chi connectivity index (χ4v) is 5.94. The predicted molar refractivity (Wildman–Crippen MR) is 48.4 cm³/mol. The molecule has 0 aliphatic heterocycles. The first-order valence-corrected chi connectivity index (χ1v) is 9.15. The first kappa shape index (κ1) is 14.1. The second kappa shape index (κ2) is 4.34. The Bertz CT molecular complexity index is 283. The van der Waals surface area contributed by atoms with Crippen LogP contribution in [0.5, 0.6) is 0 Å². The Balaban J connectivity index is 4.50. The van der Waals surface area contributed by atoms with Gasteiger partial charge in [0.15, 0.2) is 0 Å². The minimum absolute atomic E-state index is 0.256. The molecule has 14 heavy (non-hydrogen) atoms. The van der Waals surface area contributed by atoms with E-state index in [4.69, 9.17) is 23.7 Å². The summed E-state index contributed by atoms with van der Waals surface area (Å²) in [6.45, 7) is 1.32. The Morgan fingerprint density at radius 3 is 1.86 bits per heavy atom. The largest absolute Gasteiger partial charge is 0.506 e. The van der Waals surface area contributed by atoms with Gasteiger partial charge in [-0.25, -0.2) is 0 Å². The van der Waals surface area contributed by atoms with E-state index in [0.29, 0.717) is 0 Å². The Morgan fingerprint density at radius 2 is 1.57 bits per heavy atom. The number of hydrogen-bond acceptors (Lipinski definition) is 7. The van der Waals surface area contributed by atoms with E-state index in [-0.39, 0.29) is 6.04 Å². The fraction of sp³-hybridized carbons (Fsp3) is 1.00. The van der Waals surface area contributed by atoms with Gasteiger partial charge in [-0.05, 0) is 0 Å². The summed E-state index contributed by atoms with van der Waals surface area (Å²) in [5.41, 5.74) is 0. The summed E-state index contributed by atoms with van der Waals surface area (Å²) in [6.07, 6.45) is 0. The SMILES string of the molecule is CC[Si](O)(O)O[Si](O)(O)CS(=O)(=O)O. The second-order valence-corrected chi connectivity index (χ2v) is 9.48. The quantitative estimate of drug-likeness (QED) is 0.266. The summed E-state index contributed by atoms with van der Waals surface area (Å²) in [5.74, 6) is 0. The van der Waals surface area contributed by atoms with Crippen LogP contribution in [0.3, 0.4) is 0 Å². The van der Waals surface area contributed by atoms with E-state index in [1.165, 1.54) is 6.92 Å². The summed E-state index contributed by atoms with van der Waals surface area (Å²) >= 11 is 0. The van der Waals surface area contributed by atoms with Gasteiger partial charge in [-0.2, -0.15) is 8.42 Å². The maximum atomic E-state index is 10.3. The van der Waals surface area contributed by atoms with Crippen LogP contribution < -0.4 is 0 Å². The van der Waals surface area contributed by atoms with E-state index in [9.17, 15) is 8.42 Å². The van der Waals surface area contributed by atoms with Gasteiger partial charge in [-0.3, -0.25) is 4.55 Å².